The molecule has 2 bridgehead atoms. The maximum absolute atomic E-state index is 14.4. The number of carbonyl (C=O) groups excluding carboxylic acids is 3. The monoisotopic (exact) mass is 831 g/mol. The Hall–Kier alpha value is -3.42. The molecular weight excluding hydrogens is 771 g/mol. The van der Waals surface area contributed by atoms with Gasteiger partial charge < -0.3 is 49.4 Å². The molecule has 16 nitrogen and oxygen atoms in total. The van der Waals surface area contributed by atoms with Crippen molar-refractivity contribution in [1.29, 1.82) is 0 Å². The van der Waals surface area contributed by atoms with Crippen LogP contribution >= 0.6 is 11.3 Å². The van der Waals surface area contributed by atoms with Crippen molar-refractivity contribution in [3.63, 3.8) is 0 Å². The number of ketones is 1. The Kier molecular flexibility index (Phi) is 14.9. The number of carbonyl (C=O) groups is 3. The first-order valence-corrected chi connectivity index (χ1v) is 20.8. The highest BCUT2D eigenvalue weighted by Gasteiger charge is 2.51. The highest BCUT2D eigenvalue weighted by molar-refractivity contribution is 7.22. The van der Waals surface area contributed by atoms with Crippen LogP contribution in [0.5, 0.6) is 0 Å². The summed E-state index contributed by atoms with van der Waals surface area (Å²) in [6, 6.07) is 5.33. The number of amides is 1. The van der Waals surface area contributed by atoms with E-state index >= 15 is 0 Å². The van der Waals surface area contributed by atoms with Gasteiger partial charge in [0.2, 0.25) is 5.91 Å². The van der Waals surface area contributed by atoms with Gasteiger partial charge in [-0.2, -0.15) is 0 Å². The summed E-state index contributed by atoms with van der Waals surface area (Å²) in [7, 11) is 3.73. The van der Waals surface area contributed by atoms with Gasteiger partial charge in [-0.25, -0.2) is 9.98 Å². The third-order valence-corrected chi connectivity index (χ3v) is 12.5. The van der Waals surface area contributed by atoms with Gasteiger partial charge in [-0.05, 0) is 84.7 Å². The van der Waals surface area contributed by atoms with E-state index in [0.29, 0.717) is 23.0 Å². The smallest absolute Gasteiger partial charge is 0.316 e. The number of anilines is 1. The molecule has 0 radical (unpaired) electrons. The van der Waals surface area contributed by atoms with Crippen molar-refractivity contribution in [3.05, 3.63) is 23.8 Å². The van der Waals surface area contributed by atoms with Crippen LogP contribution < -0.4 is 5.73 Å². The van der Waals surface area contributed by atoms with Crippen LogP contribution in [0.25, 0.3) is 10.2 Å². The Morgan fingerprint density at radius 2 is 1.88 bits per heavy atom. The molecule has 5 rings (SSSR count). The van der Waals surface area contributed by atoms with Gasteiger partial charge in [0.1, 0.15) is 36.0 Å². The highest BCUT2D eigenvalue weighted by Crippen LogP contribution is 2.39. The zero-order valence-electron chi connectivity index (χ0n) is 35.3. The van der Waals surface area contributed by atoms with E-state index in [2.05, 4.69) is 15.1 Å². The summed E-state index contributed by atoms with van der Waals surface area (Å²) in [5.74, 6) is -4.56. The number of aliphatic imine (C=N–C) groups is 1. The van der Waals surface area contributed by atoms with E-state index < -0.39 is 77.3 Å². The van der Waals surface area contributed by atoms with Crippen molar-refractivity contribution >= 4 is 55.8 Å². The summed E-state index contributed by atoms with van der Waals surface area (Å²) < 4.78 is 33.1. The second-order valence-electron chi connectivity index (χ2n) is 16.7. The number of aliphatic hydroxyl groups excluding tert-OH is 1. The lowest BCUT2D eigenvalue weighted by atomic mass is 9.76. The molecule has 0 unspecified atom stereocenters. The molecule has 0 saturated carbocycles. The SMILES string of the molecule is CC[C@H]1OC(=O)[C@H](C)C(=O)[C@H](C)[C@@H](O[C@@H]2O[C@H](C)C[C@H](N(C)C)[C@H]2O)[C@@]2(C)C[C@@H](C)C(=NC(C)=O)C[C@@H](OC/C(=N/OCc3ccc4nc(N)sc4c3)CO2)[C@]1(C)O. The number of aromatic nitrogens is 1. The quantitative estimate of drug-likeness (QED) is 0.204. The molecule has 12 atom stereocenters. The lowest BCUT2D eigenvalue weighted by Gasteiger charge is -2.47. The summed E-state index contributed by atoms with van der Waals surface area (Å²) >= 11 is 1.36. The summed E-state index contributed by atoms with van der Waals surface area (Å²) in [5, 5.41) is 28.8. The number of rotatable bonds is 7. The minimum Gasteiger partial charge on any atom is -0.459 e. The molecule has 4 heterocycles. The number of nitrogen functional groups attached to an aromatic ring is 1. The number of hydrogen-bond acceptors (Lipinski definition) is 16. The first-order chi connectivity index (χ1) is 27.2. The second kappa shape index (κ2) is 18.9. The molecule has 1 aromatic heterocycles. The Morgan fingerprint density at radius 1 is 1.16 bits per heavy atom. The van der Waals surface area contributed by atoms with Crippen LogP contribution in [0.2, 0.25) is 0 Å². The summed E-state index contributed by atoms with van der Waals surface area (Å²) in [5.41, 5.74) is 5.00. The van der Waals surface area contributed by atoms with Crippen molar-refractivity contribution < 1.29 is 53.1 Å². The molecule has 0 spiro atoms. The Labute approximate surface area is 344 Å². The molecule has 17 heteroatoms. The number of benzene rings is 1. The molecule has 3 aliphatic heterocycles. The summed E-state index contributed by atoms with van der Waals surface area (Å²) in [4.78, 5) is 57.4. The number of thiazole rings is 1. The number of Topliss-reactive ketones (excluding diaryl/α,β-unsaturated/α-hetero) is 1. The number of fused-ring (bicyclic) bond motifs is 6. The van der Waals surface area contributed by atoms with Crippen molar-refractivity contribution in [2.45, 2.75) is 142 Å². The van der Waals surface area contributed by atoms with Gasteiger partial charge in [-0.15, -0.1) is 0 Å². The van der Waals surface area contributed by atoms with Crippen LogP contribution in [-0.2, 0) is 49.5 Å². The predicted molar refractivity (Wildman–Crippen MR) is 218 cm³/mol. The number of hydrogen-bond donors (Lipinski definition) is 3. The zero-order valence-corrected chi connectivity index (χ0v) is 36.1. The second-order valence-corrected chi connectivity index (χ2v) is 17.8. The molecule has 0 aliphatic carbocycles. The van der Waals surface area contributed by atoms with Gasteiger partial charge in [-0.3, -0.25) is 14.4 Å². The minimum atomic E-state index is -1.82. The normalized spacial score (nSPS) is 37.3. The van der Waals surface area contributed by atoms with E-state index in [0.717, 1.165) is 15.8 Å². The first-order valence-electron chi connectivity index (χ1n) is 20.0. The molecule has 3 aliphatic rings. The number of cyclic esters (lactones) is 1. The fourth-order valence-corrected chi connectivity index (χ4v) is 9.09. The average molecular weight is 832 g/mol. The van der Waals surface area contributed by atoms with Crippen LogP contribution in [0.4, 0.5) is 5.13 Å². The van der Waals surface area contributed by atoms with Gasteiger partial charge in [0, 0.05) is 31.0 Å². The van der Waals surface area contributed by atoms with E-state index in [9.17, 15) is 24.6 Å². The number of ether oxygens (including phenoxy) is 5. The van der Waals surface area contributed by atoms with Gasteiger partial charge in [0.05, 0.1) is 47.3 Å². The molecule has 3 saturated heterocycles. The van der Waals surface area contributed by atoms with E-state index in [1.807, 2.05) is 51.0 Å². The van der Waals surface area contributed by atoms with Crippen LogP contribution in [0.3, 0.4) is 0 Å². The lowest BCUT2D eigenvalue weighted by Crippen LogP contribution is -2.59. The fraction of sp³-hybridized carbons (Fsp3) is 0.707. The highest BCUT2D eigenvalue weighted by atomic mass is 32.1. The number of nitrogens with two attached hydrogens (primary N) is 1. The number of esters is 1. The number of nitrogens with zero attached hydrogens (tertiary/aromatic N) is 4. The molecule has 1 amide bonds. The van der Waals surface area contributed by atoms with Crippen molar-refractivity contribution in [1.82, 2.24) is 9.88 Å². The molecular formula is C41H61N5O11S. The van der Waals surface area contributed by atoms with Gasteiger partial charge in [0.15, 0.2) is 17.2 Å². The van der Waals surface area contributed by atoms with E-state index in [4.69, 9.17) is 34.3 Å². The molecule has 1 aromatic carbocycles. The third-order valence-electron chi connectivity index (χ3n) is 11.7. The molecule has 4 N–H and O–H groups in total. The van der Waals surface area contributed by atoms with Crippen LogP contribution in [0, 0.1) is 17.8 Å². The van der Waals surface area contributed by atoms with E-state index in [1.54, 1.807) is 20.8 Å². The number of aliphatic hydroxyl groups is 2. The lowest BCUT2D eigenvalue weighted by molar-refractivity contribution is -0.296. The fourth-order valence-electron chi connectivity index (χ4n) is 8.30. The molecule has 2 aromatic rings. The molecule has 322 valence electrons. The minimum absolute atomic E-state index is 0.0218. The van der Waals surface area contributed by atoms with Crippen LogP contribution in [0.1, 0.15) is 86.6 Å². The van der Waals surface area contributed by atoms with Crippen molar-refractivity contribution in [3.8, 4) is 0 Å². The molecule has 3 fully saturated rings. The average Bonchev–Trinajstić information content (AvgIpc) is 3.53. The zero-order chi connectivity index (χ0) is 42.7. The first kappa shape index (κ1) is 45.7. The maximum Gasteiger partial charge on any atom is 0.316 e. The van der Waals surface area contributed by atoms with Gasteiger partial charge in [0.25, 0.3) is 0 Å². The van der Waals surface area contributed by atoms with E-state index in [1.165, 1.54) is 32.1 Å². The van der Waals surface area contributed by atoms with Crippen LogP contribution in [-0.4, -0.2) is 131 Å². The van der Waals surface area contributed by atoms with Gasteiger partial charge in [-0.1, -0.05) is 43.3 Å². The summed E-state index contributed by atoms with van der Waals surface area (Å²) in [6.45, 7) is 13.0. The van der Waals surface area contributed by atoms with Crippen molar-refractivity contribution in [2.75, 3.05) is 33.0 Å². The Morgan fingerprint density at radius 3 is 2.55 bits per heavy atom. The van der Waals surface area contributed by atoms with E-state index in [-0.39, 0.29) is 51.2 Å². The standard InChI is InChI=1S/C41H61N5O11S/c1-11-32-41(8,51)33-16-29(43-25(6)47)21(2)17-40(7,53-20-27(19-52-33)45-54-18-26-12-13-28-31(15-26)58-39(42)44-28)36(23(4)34(48)24(5)37(50)56-32)57-38-35(49)30(46(9)10)14-22(3)55-38/h12-13,15,21-24,30,32-33,35-36,38,49,51H,11,14,16-20H2,1-10H3,(H2,42,44)/b43-29?,45-27-/t21-,22-,23+,24-,30+,32-,33-,35-,36-,38+,40-,41-/m1/s1. The predicted octanol–water partition coefficient (Wildman–Crippen LogP) is 4.07. The maximum atomic E-state index is 14.4. The topological polar surface area (TPSA) is 214 Å². The van der Waals surface area contributed by atoms with Crippen molar-refractivity contribution in [2.24, 2.45) is 27.9 Å². The Bertz CT molecular complexity index is 1850. The number of likely N-dealkylation sites (N-methyl/N-ethyl adjacent to an activating group) is 1. The summed E-state index contributed by atoms with van der Waals surface area (Å²) in [6.07, 6.45) is -5.05. The molecule has 58 heavy (non-hydrogen) atoms. The Balaban J connectivity index is 1.63. The largest absolute Gasteiger partial charge is 0.459 e. The van der Waals surface area contributed by atoms with Crippen LogP contribution in [0.15, 0.2) is 28.3 Å². The third kappa shape index (κ3) is 10.5. The van der Waals surface area contributed by atoms with Gasteiger partial charge >= 0.3 is 5.97 Å². The number of oxime groups is 1.